The maximum absolute atomic E-state index is 5.80. The third-order valence-electron chi connectivity index (χ3n) is 3.15. The molecule has 21 heavy (non-hydrogen) atoms. The fourth-order valence-corrected chi connectivity index (χ4v) is 2.71. The SMILES string of the molecule is NC(=S)c1cc(Br)ccc1Nc1cccc2cccnc12. The summed E-state index contributed by atoms with van der Waals surface area (Å²) >= 11 is 8.56. The van der Waals surface area contributed by atoms with Crippen LogP contribution in [0.25, 0.3) is 10.9 Å². The molecular formula is C16H12BrN3S. The topological polar surface area (TPSA) is 50.9 Å². The molecule has 0 fully saturated rings. The fraction of sp³-hybridized carbons (Fsp3) is 0. The second-order valence-electron chi connectivity index (χ2n) is 4.56. The van der Waals surface area contributed by atoms with E-state index in [9.17, 15) is 0 Å². The number of anilines is 2. The third-order valence-corrected chi connectivity index (χ3v) is 3.86. The number of pyridine rings is 1. The standard InChI is InChI=1S/C16H12BrN3S/c17-11-6-7-13(12(9-11)16(18)21)20-14-5-1-3-10-4-2-8-19-15(10)14/h1-9,20H,(H2,18,21). The first-order valence-corrected chi connectivity index (χ1v) is 7.55. The maximum Gasteiger partial charge on any atom is 0.106 e. The highest BCUT2D eigenvalue weighted by atomic mass is 79.9. The molecule has 0 saturated carbocycles. The molecule has 1 aromatic heterocycles. The zero-order valence-corrected chi connectivity index (χ0v) is 13.4. The van der Waals surface area contributed by atoms with E-state index in [0.717, 1.165) is 32.3 Å². The molecule has 0 unspecified atom stereocenters. The van der Waals surface area contributed by atoms with Crippen molar-refractivity contribution in [2.75, 3.05) is 5.32 Å². The van der Waals surface area contributed by atoms with Crippen LogP contribution in [-0.2, 0) is 0 Å². The predicted octanol–water partition coefficient (Wildman–Crippen LogP) is 4.38. The van der Waals surface area contributed by atoms with Crippen LogP contribution in [-0.4, -0.2) is 9.97 Å². The molecule has 0 bridgehead atoms. The molecule has 0 amide bonds. The zero-order valence-electron chi connectivity index (χ0n) is 11.0. The van der Waals surface area contributed by atoms with Gasteiger partial charge in [-0.15, -0.1) is 0 Å². The molecule has 3 nitrogen and oxygen atoms in total. The van der Waals surface area contributed by atoms with Crippen molar-refractivity contribution in [3.05, 3.63) is 64.8 Å². The van der Waals surface area contributed by atoms with E-state index in [1.807, 2.05) is 48.5 Å². The van der Waals surface area contributed by atoms with Gasteiger partial charge in [-0.2, -0.15) is 0 Å². The number of thiocarbonyl (C=S) groups is 1. The summed E-state index contributed by atoms with van der Waals surface area (Å²) in [5.41, 5.74) is 9.31. The van der Waals surface area contributed by atoms with Gasteiger partial charge in [0, 0.05) is 27.3 Å². The molecule has 0 spiro atoms. The number of rotatable bonds is 3. The number of halogens is 1. The predicted molar refractivity (Wildman–Crippen MR) is 95.1 cm³/mol. The Kier molecular flexibility index (Phi) is 3.86. The van der Waals surface area contributed by atoms with Crippen molar-refractivity contribution in [3.8, 4) is 0 Å². The fourth-order valence-electron chi connectivity index (χ4n) is 2.18. The number of aromatic nitrogens is 1. The van der Waals surface area contributed by atoms with E-state index in [4.69, 9.17) is 18.0 Å². The van der Waals surface area contributed by atoms with E-state index >= 15 is 0 Å². The van der Waals surface area contributed by atoms with Crippen LogP contribution in [0.5, 0.6) is 0 Å². The molecular weight excluding hydrogens is 346 g/mol. The quantitative estimate of drug-likeness (QED) is 0.683. The lowest BCUT2D eigenvalue weighted by Crippen LogP contribution is -2.12. The van der Waals surface area contributed by atoms with Crippen molar-refractivity contribution in [2.24, 2.45) is 5.73 Å². The van der Waals surface area contributed by atoms with Gasteiger partial charge < -0.3 is 11.1 Å². The highest BCUT2D eigenvalue weighted by molar-refractivity contribution is 9.10. The first-order chi connectivity index (χ1) is 10.1. The van der Waals surface area contributed by atoms with E-state index in [1.54, 1.807) is 6.20 Å². The molecule has 0 atom stereocenters. The molecule has 0 radical (unpaired) electrons. The number of nitrogens with two attached hydrogens (primary N) is 1. The normalized spacial score (nSPS) is 10.5. The molecule has 104 valence electrons. The van der Waals surface area contributed by atoms with Crippen molar-refractivity contribution in [1.82, 2.24) is 4.98 Å². The lowest BCUT2D eigenvalue weighted by molar-refractivity contribution is 1.40. The summed E-state index contributed by atoms with van der Waals surface area (Å²) < 4.78 is 0.937. The lowest BCUT2D eigenvalue weighted by atomic mass is 10.1. The molecule has 0 saturated heterocycles. The molecule has 0 aliphatic heterocycles. The maximum atomic E-state index is 5.80. The van der Waals surface area contributed by atoms with Gasteiger partial charge in [0.25, 0.3) is 0 Å². The van der Waals surface area contributed by atoms with Gasteiger partial charge in [-0.05, 0) is 30.3 Å². The Morgan fingerprint density at radius 1 is 1.10 bits per heavy atom. The van der Waals surface area contributed by atoms with Gasteiger partial charge in [0.05, 0.1) is 11.2 Å². The third kappa shape index (κ3) is 2.89. The van der Waals surface area contributed by atoms with E-state index in [0.29, 0.717) is 4.99 Å². The average Bonchev–Trinajstić information content (AvgIpc) is 2.49. The monoisotopic (exact) mass is 357 g/mol. The van der Waals surface area contributed by atoms with Gasteiger partial charge in [-0.3, -0.25) is 4.98 Å². The highest BCUT2D eigenvalue weighted by Crippen LogP contribution is 2.28. The summed E-state index contributed by atoms with van der Waals surface area (Å²) in [7, 11) is 0. The van der Waals surface area contributed by atoms with Crippen molar-refractivity contribution in [1.29, 1.82) is 0 Å². The van der Waals surface area contributed by atoms with Gasteiger partial charge >= 0.3 is 0 Å². The Balaban J connectivity index is 2.09. The van der Waals surface area contributed by atoms with Gasteiger partial charge in [0.2, 0.25) is 0 Å². The number of hydrogen-bond donors (Lipinski definition) is 2. The van der Waals surface area contributed by atoms with Crippen LogP contribution in [0.15, 0.2) is 59.2 Å². The first kappa shape index (κ1) is 14.0. The summed E-state index contributed by atoms with van der Waals surface area (Å²) in [6, 6.07) is 15.8. The Bertz CT molecular complexity index is 827. The van der Waals surface area contributed by atoms with E-state index in [-0.39, 0.29) is 0 Å². The summed E-state index contributed by atoms with van der Waals surface area (Å²) in [4.78, 5) is 4.79. The van der Waals surface area contributed by atoms with E-state index < -0.39 is 0 Å². The zero-order chi connectivity index (χ0) is 14.8. The average molecular weight is 358 g/mol. The Hall–Kier alpha value is -1.98. The highest BCUT2D eigenvalue weighted by Gasteiger charge is 2.08. The summed E-state index contributed by atoms with van der Waals surface area (Å²) in [5.74, 6) is 0. The second-order valence-corrected chi connectivity index (χ2v) is 5.92. The molecule has 3 N–H and O–H groups in total. The van der Waals surface area contributed by atoms with Crippen LogP contribution in [0.3, 0.4) is 0 Å². The minimum atomic E-state index is 0.354. The number of para-hydroxylation sites is 1. The first-order valence-electron chi connectivity index (χ1n) is 6.35. The molecule has 1 heterocycles. The summed E-state index contributed by atoms with van der Waals surface area (Å²) in [5, 5.41) is 4.45. The van der Waals surface area contributed by atoms with Crippen LogP contribution in [0, 0.1) is 0 Å². The molecule has 3 rings (SSSR count). The summed E-state index contributed by atoms with van der Waals surface area (Å²) in [6.45, 7) is 0. The molecule has 0 aliphatic rings. The van der Waals surface area contributed by atoms with Crippen molar-refractivity contribution >= 4 is 55.4 Å². The number of benzene rings is 2. The van der Waals surface area contributed by atoms with Crippen LogP contribution in [0.4, 0.5) is 11.4 Å². The number of nitrogens with zero attached hydrogens (tertiary/aromatic N) is 1. The van der Waals surface area contributed by atoms with Crippen molar-refractivity contribution in [3.63, 3.8) is 0 Å². The van der Waals surface area contributed by atoms with Crippen molar-refractivity contribution < 1.29 is 0 Å². The minimum Gasteiger partial charge on any atom is -0.389 e. The number of fused-ring (bicyclic) bond motifs is 1. The van der Waals surface area contributed by atoms with Crippen LogP contribution >= 0.6 is 28.1 Å². The smallest absolute Gasteiger partial charge is 0.106 e. The van der Waals surface area contributed by atoms with Crippen LogP contribution in [0.1, 0.15) is 5.56 Å². The number of hydrogen-bond acceptors (Lipinski definition) is 3. The molecule has 5 heteroatoms. The summed E-state index contributed by atoms with van der Waals surface area (Å²) in [6.07, 6.45) is 1.78. The molecule has 0 aliphatic carbocycles. The van der Waals surface area contributed by atoms with Gasteiger partial charge in [-0.25, -0.2) is 0 Å². The Labute approximate surface area is 136 Å². The van der Waals surface area contributed by atoms with Gasteiger partial charge in [0.15, 0.2) is 0 Å². The molecule has 2 aromatic carbocycles. The Morgan fingerprint density at radius 3 is 2.71 bits per heavy atom. The molecule has 3 aromatic rings. The van der Waals surface area contributed by atoms with E-state index in [1.165, 1.54) is 0 Å². The largest absolute Gasteiger partial charge is 0.389 e. The van der Waals surface area contributed by atoms with Crippen molar-refractivity contribution in [2.45, 2.75) is 0 Å². The Morgan fingerprint density at radius 2 is 1.90 bits per heavy atom. The number of nitrogens with one attached hydrogen (secondary N) is 1. The second kappa shape index (κ2) is 5.79. The van der Waals surface area contributed by atoms with Crippen LogP contribution < -0.4 is 11.1 Å². The van der Waals surface area contributed by atoms with E-state index in [2.05, 4.69) is 26.2 Å². The van der Waals surface area contributed by atoms with Gasteiger partial charge in [-0.1, -0.05) is 46.3 Å². The lowest BCUT2D eigenvalue weighted by Gasteiger charge is -2.13. The van der Waals surface area contributed by atoms with Gasteiger partial charge in [0.1, 0.15) is 4.99 Å². The van der Waals surface area contributed by atoms with Crippen LogP contribution in [0.2, 0.25) is 0 Å². The minimum absolute atomic E-state index is 0.354.